The largest absolute Gasteiger partial charge is 0.481 e. The van der Waals surface area contributed by atoms with Crippen LogP contribution in [0.5, 0.6) is 0 Å². The van der Waals surface area contributed by atoms with E-state index >= 15 is 0 Å². The summed E-state index contributed by atoms with van der Waals surface area (Å²) in [5.74, 6) is -1.08. The molecule has 0 heterocycles. The van der Waals surface area contributed by atoms with Gasteiger partial charge >= 0.3 is 11.5 Å². The van der Waals surface area contributed by atoms with Crippen LogP contribution in [-0.4, -0.2) is 16.6 Å². The zero-order valence-electron chi connectivity index (χ0n) is 9.21. The normalized spacial score (nSPS) is 12.5. The minimum atomic E-state index is -4.37. The van der Waals surface area contributed by atoms with Crippen molar-refractivity contribution in [2.45, 2.75) is 29.7 Å². The average molecular weight is 264 g/mol. The van der Waals surface area contributed by atoms with Crippen LogP contribution in [0.25, 0.3) is 0 Å². The van der Waals surface area contributed by atoms with Gasteiger partial charge in [-0.05, 0) is 43.3 Å². The fourth-order valence-electron chi connectivity index (χ4n) is 1.21. The van der Waals surface area contributed by atoms with Gasteiger partial charge in [0.15, 0.2) is 0 Å². The van der Waals surface area contributed by atoms with E-state index in [2.05, 4.69) is 0 Å². The molecular formula is C11H11F3O2S. The first-order valence-electron chi connectivity index (χ1n) is 4.72. The summed E-state index contributed by atoms with van der Waals surface area (Å²) in [6, 6.07) is 5.49. The lowest BCUT2D eigenvalue weighted by molar-refractivity contribution is -0.142. The molecule has 0 amide bonds. The predicted octanol–water partition coefficient (Wildman–Crippen LogP) is 3.66. The second-order valence-electron chi connectivity index (χ2n) is 4.01. The zero-order chi connectivity index (χ0) is 13.3. The van der Waals surface area contributed by atoms with Gasteiger partial charge in [0.2, 0.25) is 0 Å². The fraction of sp³-hybridized carbons (Fsp3) is 0.364. The van der Waals surface area contributed by atoms with Crippen LogP contribution in [0.3, 0.4) is 0 Å². The third kappa shape index (κ3) is 3.66. The number of hydrogen-bond donors (Lipinski definition) is 1. The molecule has 0 radical (unpaired) electrons. The zero-order valence-corrected chi connectivity index (χ0v) is 10.0. The molecule has 1 rings (SSSR count). The Balaban J connectivity index is 3.06. The van der Waals surface area contributed by atoms with Gasteiger partial charge in [0.1, 0.15) is 0 Å². The van der Waals surface area contributed by atoms with Gasteiger partial charge in [-0.25, -0.2) is 0 Å². The molecule has 1 aromatic rings. The van der Waals surface area contributed by atoms with Crippen LogP contribution >= 0.6 is 11.8 Å². The van der Waals surface area contributed by atoms with E-state index in [1.54, 1.807) is 0 Å². The van der Waals surface area contributed by atoms with Gasteiger partial charge < -0.3 is 5.11 Å². The highest BCUT2D eigenvalue weighted by Gasteiger charge is 2.32. The van der Waals surface area contributed by atoms with Crippen LogP contribution in [0.2, 0.25) is 0 Å². The van der Waals surface area contributed by atoms with Gasteiger partial charge in [0, 0.05) is 4.90 Å². The molecule has 0 aliphatic rings. The Morgan fingerprint density at radius 1 is 1.29 bits per heavy atom. The molecule has 0 spiro atoms. The number of aliphatic carboxylic acids is 1. The Labute approximate surface area is 101 Å². The van der Waals surface area contributed by atoms with Crippen molar-refractivity contribution < 1.29 is 23.1 Å². The smallest absolute Gasteiger partial charge is 0.446 e. The van der Waals surface area contributed by atoms with E-state index in [4.69, 9.17) is 5.11 Å². The number of alkyl halides is 3. The molecule has 6 heteroatoms. The molecule has 0 aromatic heterocycles. The van der Waals surface area contributed by atoms with Crippen LogP contribution in [0.4, 0.5) is 13.2 Å². The van der Waals surface area contributed by atoms with Crippen molar-refractivity contribution in [3.63, 3.8) is 0 Å². The lowest BCUT2D eigenvalue weighted by atomic mass is 9.85. The molecule has 0 saturated carbocycles. The Morgan fingerprint density at radius 3 is 2.35 bits per heavy atom. The Hall–Kier alpha value is -1.17. The van der Waals surface area contributed by atoms with Crippen molar-refractivity contribution in [2.24, 2.45) is 0 Å². The Bertz CT molecular complexity index is 427. The van der Waals surface area contributed by atoms with Crippen LogP contribution < -0.4 is 0 Å². The standard InChI is InChI=1S/C11H11F3O2S/c1-10(2,9(15)16)7-4-3-5-8(6-7)17-11(12,13)14/h3-6H,1-2H3,(H,15,16). The van der Waals surface area contributed by atoms with E-state index < -0.39 is 16.9 Å². The number of hydrogen-bond acceptors (Lipinski definition) is 2. The summed E-state index contributed by atoms with van der Waals surface area (Å²) < 4.78 is 36.5. The van der Waals surface area contributed by atoms with Crippen molar-refractivity contribution in [3.05, 3.63) is 29.8 Å². The Kier molecular flexibility index (Phi) is 3.76. The van der Waals surface area contributed by atoms with Crippen LogP contribution in [0.15, 0.2) is 29.2 Å². The van der Waals surface area contributed by atoms with Crippen molar-refractivity contribution >= 4 is 17.7 Å². The molecule has 1 aromatic carbocycles. The highest BCUT2D eigenvalue weighted by atomic mass is 32.2. The van der Waals surface area contributed by atoms with Gasteiger partial charge in [-0.15, -0.1) is 0 Å². The lowest BCUT2D eigenvalue weighted by Gasteiger charge is -2.20. The highest BCUT2D eigenvalue weighted by Crippen LogP contribution is 2.38. The summed E-state index contributed by atoms with van der Waals surface area (Å²) >= 11 is -0.250. The van der Waals surface area contributed by atoms with E-state index in [0.29, 0.717) is 5.56 Å². The number of carbonyl (C=O) groups is 1. The minimum Gasteiger partial charge on any atom is -0.481 e. The summed E-state index contributed by atoms with van der Waals surface area (Å²) in [5, 5.41) is 8.99. The molecule has 0 aliphatic carbocycles. The van der Waals surface area contributed by atoms with E-state index in [-0.39, 0.29) is 16.7 Å². The maximum atomic E-state index is 12.2. The van der Waals surface area contributed by atoms with Gasteiger partial charge in [0.05, 0.1) is 5.41 Å². The van der Waals surface area contributed by atoms with Crippen LogP contribution in [0.1, 0.15) is 19.4 Å². The molecule has 0 aliphatic heterocycles. The van der Waals surface area contributed by atoms with E-state index in [0.717, 1.165) is 0 Å². The summed E-state index contributed by atoms with van der Waals surface area (Å²) in [6.45, 7) is 2.90. The van der Waals surface area contributed by atoms with Crippen molar-refractivity contribution in [3.8, 4) is 0 Å². The maximum Gasteiger partial charge on any atom is 0.446 e. The lowest BCUT2D eigenvalue weighted by Crippen LogP contribution is -2.28. The molecule has 2 nitrogen and oxygen atoms in total. The fourth-order valence-corrected chi connectivity index (χ4v) is 1.81. The monoisotopic (exact) mass is 264 g/mol. The topological polar surface area (TPSA) is 37.3 Å². The number of rotatable bonds is 3. The molecule has 0 bridgehead atoms. The molecule has 0 unspecified atom stereocenters. The molecule has 0 fully saturated rings. The quantitative estimate of drug-likeness (QED) is 0.846. The minimum absolute atomic E-state index is 0.00988. The van der Waals surface area contributed by atoms with Gasteiger partial charge in [-0.3, -0.25) is 4.79 Å². The summed E-state index contributed by atoms with van der Waals surface area (Å²) in [5.41, 5.74) is -5.23. The predicted molar refractivity (Wildman–Crippen MR) is 59.0 cm³/mol. The van der Waals surface area contributed by atoms with Gasteiger partial charge in [-0.1, -0.05) is 12.1 Å². The molecule has 0 saturated heterocycles. The second-order valence-corrected chi connectivity index (χ2v) is 5.14. The maximum absolute atomic E-state index is 12.2. The van der Waals surface area contributed by atoms with Crippen LogP contribution in [0, 0.1) is 0 Å². The number of halogens is 3. The number of thioether (sulfide) groups is 1. The second kappa shape index (κ2) is 4.60. The summed E-state index contributed by atoms with van der Waals surface area (Å²) in [7, 11) is 0. The summed E-state index contributed by atoms with van der Waals surface area (Å²) in [4.78, 5) is 11.0. The molecule has 94 valence electrons. The average Bonchev–Trinajstić information content (AvgIpc) is 2.15. The third-order valence-electron chi connectivity index (χ3n) is 2.32. The molecular weight excluding hydrogens is 253 g/mol. The first kappa shape index (κ1) is 13.9. The van der Waals surface area contributed by atoms with E-state index in [1.165, 1.54) is 38.1 Å². The highest BCUT2D eigenvalue weighted by molar-refractivity contribution is 8.00. The van der Waals surface area contributed by atoms with Crippen molar-refractivity contribution in [2.75, 3.05) is 0 Å². The van der Waals surface area contributed by atoms with Crippen LogP contribution in [-0.2, 0) is 10.2 Å². The molecule has 1 N–H and O–H groups in total. The van der Waals surface area contributed by atoms with E-state index in [1.807, 2.05) is 0 Å². The van der Waals surface area contributed by atoms with E-state index in [9.17, 15) is 18.0 Å². The first-order chi connectivity index (χ1) is 7.63. The SMILES string of the molecule is CC(C)(C(=O)O)c1cccc(SC(F)(F)F)c1. The first-order valence-corrected chi connectivity index (χ1v) is 5.54. The Morgan fingerprint density at radius 2 is 1.88 bits per heavy atom. The van der Waals surface area contributed by atoms with Gasteiger partial charge in [0.25, 0.3) is 0 Å². The molecule has 0 atom stereocenters. The third-order valence-corrected chi connectivity index (χ3v) is 3.05. The number of carboxylic acid groups (broad SMARTS) is 1. The number of benzene rings is 1. The molecule has 17 heavy (non-hydrogen) atoms. The number of carboxylic acids is 1. The van der Waals surface area contributed by atoms with Crippen molar-refractivity contribution in [1.29, 1.82) is 0 Å². The summed E-state index contributed by atoms with van der Waals surface area (Å²) in [6.07, 6.45) is 0. The van der Waals surface area contributed by atoms with Crippen molar-refractivity contribution in [1.82, 2.24) is 0 Å². The van der Waals surface area contributed by atoms with Gasteiger partial charge in [-0.2, -0.15) is 13.2 Å².